The fourth-order valence-corrected chi connectivity index (χ4v) is 6.49. The van der Waals surface area contributed by atoms with Gasteiger partial charge in [-0.3, -0.25) is 9.59 Å². The van der Waals surface area contributed by atoms with E-state index in [9.17, 15) is 9.59 Å². The summed E-state index contributed by atoms with van der Waals surface area (Å²) in [6, 6.07) is 15.2. The second-order valence-corrected chi connectivity index (χ2v) is 12.9. The number of ketones is 2. The second kappa shape index (κ2) is 11.6. The second-order valence-electron chi connectivity index (χ2n) is 12.9. The number of Topliss-reactive ketones (excluding diaryl/α,β-unsaturated/α-hetero) is 2. The minimum absolute atomic E-state index is 0.150. The molecule has 0 amide bonds. The van der Waals surface area contributed by atoms with Crippen LogP contribution in [0.5, 0.6) is 11.5 Å². The van der Waals surface area contributed by atoms with Crippen molar-refractivity contribution in [2.75, 3.05) is 0 Å². The van der Waals surface area contributed by atoms with Crippen molar-refractivity contribution in [3.05, 3.63) is 117 Å². The van der Waals surface area contributed by atoms with Crippen molar-refractivity contribution < 1.29 is 19.1 Å². The first-order chi connectivity index (χ1) is 21.1. The third kappa shape index (κ3) is 5.27. The van der Waals surface area contributed by atoms with Crippen molar-refractivity contribution in [3.8, 4) is 11.5 Å². The van der Waals surface area contributed by atoms with Crippen LogP contribution in [-0.2, 0) is 0 Å². The number of carbonyl (C=O) groups is 2. The van der Waals surface area contributed by atoms with Crippen LogP contribution < -0.4 is 9.47 Å². The molecule has 4 nitrogen and oxygen atoms in total. The number of hydrogen-bond acceptors (Lipinski definition) is 4. The van der Waals surface area contributed by atoms with Crippen molar-refractivity contribution in [1.29, 1.82) is 0 Å². The van der Waals surface area contributed by atoms with E-state index >= 15 is 0 Å². The van der Waals surface area contributed by atoms with E-state index in [1.807, 2.05) is 36.4 Å². The van der Waals surface area contributed by atoms with E-state index in [0.717, 1.165) is 53.3 Å². The zero-order valence-electron chi connectivity index (χ0n) is 26.5. The van der Waals surface area contributed by atoms with Crippen LogP contribution in [-0.4, -0.2) is 23.3 Å². The van der Waals surface area contributed by atoms with Gasteiger partial charge in [0, 0.05) is 38.6 Å². The quantitative estimate of drug-likeness (QED) is 0.259. The average molecular weight is 585 g/mol. The molecule has 3 aromatic carbocycles. The van der Waals surface area contributed by atoms with Gasteiger partial charge in [0.2, 0.25) is 0 Å². The minimum atomic E-state index is -0.682. The normalized spacial score (nSPS) is 20.2. The molecule has 4 heteroatoms. The monoisotopic (exact) mass is 584 g/mol. The molecule has 0 saturated heterocycles. The number of benzene rings is 3. The van der Waals surface area contributed by atoms with Crippen LogP contribution in [0.4, 0.5) is 0 Å². The third-order valence-corrected chi connectivity index (χ3v) is 8.75. The topological polar surface area (TPSA) is 52.6 Å². The molecule has 0 saturated carbocycles. The lowest BCUT2D eigenvalue weighted by atomic mass is 9.75. The zero-order chi connectivity index (χ0) is 31.2. The minimum Gasteiger partial charge on any atom is -0.482 e. The van der Waals surface area contributed by atoms with Crippen LogP contribution in [0.2, 0.25) is 0 Å². The maximum atomic E-state index is 14.4. The third-order valence-electron chi connectivity index (χ3n) is 8.75. The van der Waals surface area contributed by atoms with E-state index in [0.29, 0.717) is 33.6 Å². The lowest BCUT2D eigenvalue weighted by molar-refractivity contribution is 0.0967. The Morgan fingerprint density at radius 1 is 0.818 bits per heavy atom. The highest BCUT2D eigenvalue weighted by atomic mass is 16.5. The van der Waals surface area contributed by atoms with Gasteiger partial charge in [-0.2, -0.15) is 0 Å². The van der Waals surface area contributed by atoms with Crippen LogP contribution in [0.3, 0.4) is 0 Å². The molecule has 224 valence electrons. The summed E-state index contributed by atoms with van der Waals surface area (Å²) in [7, 11) is 0. The Balaban J connectivity index is 1.57. The first kappa shape index (κ1) is 29.6. The van der Waals surface area contributed by atoms with E-state index in [-0.39, 0.29) is 11.6 Å². The molecule has 0 N–H and O–H groups in total. The van der Waals surface area contributed by atoms with Crippen molar-refractivity contribution in [3.63, 3.8) is 0 Å². The average Bonchev–Trinajstić information content (AvgIpc) is 2.99. The summed E-state index contributed by atoms with van der Waals surface area (Å²) in [6.45, 7) is 12.6. The number of allylic oxidation sites excluding steroid dienone is 6. The summed E-state index contributed by atoms with van der Waals surface area (Å²) in [5.41, 5.74) is 6.27. The lowest BCUT2D eigenvalue weighted by Gasteiger charge is -2.37. The molecule has 0 spiro atoms. The summed E-state index contributed by atoms with van der Waals surface area (Å²) in [4.78, 5) is 28.7. The Kier molecular flexibility index (Phi) is 7.79. The molecular weight excluding hydrogens is 544 g/mol. The molecule has 3 aliphatic rings. The number of fused-ring (bicyclic) bond motifs is 8. The SMILES string of the molecule is CC(C)=CCC/C(C)=C/C1Oc2c(c3c(c4ccccc24)OC(C)(CCC=C(C)C)C=C3)C2=C1C(=O)c1ccccc1C2=O. The van der Waals surface area contributed by atoms with Crippen molar-refractivity contribution in [2.24, 2.45) is 0 Å². The standard InChI is InChI=1S/C40H40O4/c1-24(2)13-11-15-26(5)23-32-34-35(37(42)28-17-8-7-16-27(28)36(34)41)33-31-20-22-40(6,21-12-14-25(3)4)44-38(31)29-18-9-10-19-30(29)39(33)43-32/h7-10,13-14,16-20,22-23,32H,11-12,15,21H2,1-6H3/b26-23+. The van der Waals surface area contributed by atoms with Crippen molar-refractivity contribution >= 4 is 34.0 Å². The fourth-order valence-electron chi connectivity index (χ4n) is 6.49. The smallest absolute Gasteiger partial charge is 0.195 e. The summed E-state index contributed by atoms with van der Waals surface area (Å²) < 4.78 is 13.7. The predicted molar refractivity (Wildman–Crippen MR) is 180 cm³/mol. The van der Waals surface area contributed by atoms with E-state index in [4.69, 9.17) is 9.47 Å². The Morgan fingerprint density at radius 3 is 2.11 bits per heavy atom. The maximum absolute atomic E-state index is 14.4. The number of ether oxygens (including phenoxy) is 2. The van der Waals surface area contributed by atoms with E-state index in [2.05, 4.69) is 71.9 Å². The molecule has 44 heavy (non-hydrogen) atoms. The number of hydrogen-bond donors (Lipinski definition) is 0. The number of rotatable bonds is 7. The first-order valence-corrected chi connectivity index (χ1v) is 15.6. The predicted octanol–water partition coefficient (Wildman–Crippen LogP) is 10.0. The van der Waals surface area contributed by atoms with Crippen LogP contribution in [0.1, 0.15) is 99.1 Å². The molecule has 0 fully saturated rings. The van der Waals surface area contributed by atoms with Crippen LogP contribution in [0, 0.1) is 0 Å². The van der Waals surface area contributed by atoms with Gasteiger partial charge in [0.15, 0.2) is 11.6 Å². The van der Waals surface area contributed by atoms with Gasteiger partial charge in [-0.15, -0.1) is 0 Å². The van der Waals surface area contributed by atoms with Gasteiger partial charge in [-0.25, -0.2) is 0 Å². The van der Waals surface area contributed by atoms with Crippen LogP contribution in [0.15, 0.2) is 95.1 Å². The highest BCUT2D eigenvalue weighted by Gasteiger charge is 2.44. The highest BCUT2D eigenvalue weighted by molar-refractivity contribution is 6.42. The summed E-state index contributed by atoms with van der Waals surface area (Å²) in [6.07, 6.45) is 13.4. The molecule has 1 aliphatic carbocycles. The van der Waals surface area contributed by atoms with E-state index in [1.54, 1.807) is 12.1 Å². The van der Waals surface area contributed by atoms with Gasteiger partial charge in [-0.1, -0.05) is 83.5 Å². The lowest BCUT2D eigenvalue weighted by Crippen LogP contribution is -2.36. The summed E-state index contributed by atoms with van der Waals surface area (Å²) >= 11 is 0. The molecular formula is C40H40O4. The Hall–Kier alpha value is -4.44. The van der Waals surface area contributed by atoms with Gasteiger partial charge >= 0.3 is 0 Å². The molecule has 6 rings (SSSR count). The highest BCUT2D eigenvalue weighted by Crippen LogP contribution is 2.53. The van der Waals surface area contributed by atoms with Gasteiger partial charge < -0.3 is 9.47 Å². The van der Waals surface area contributed by atoms with E-state index < -0.39 is 11.7 Å². The fraction of sp³-hybridized carbons (Fsp3) is 0.300. The zero-order valence-corrected chi connectivity index (χ0v) is 26.5. The maximum Gasteiger partial charge on any atom is 0.195 e. The van der Waals surface area contributed by atoms with Crippen LogP contribution >= 0.6 is 0 Å². The van der Waals surface area contributed by atoms with Crippen molar-refractivity contribution in [1.82, 2.24) is 0 Å². The number of carbonyl (C=O) groups excluding carboxylic acids is 2. The van der Waals surface area contributed by atoms with Gasteiger partial charge in [0.05, 0.1) is 5.57 Å². The molecule has 0 bridgehead atoms. The molecule has 2 atom stereocenters. The molecule has 2 heterocycles. The largest absolute Gasteiger partial charge is 0.482 e. The Morgan fingerprint density at radius 2 is 1.43 bits per heavy atom. The van der Waals surface area contributed by atoms with Crippen molar-refractivity contribution in [2.45, 2.75) is 78.9 Å². The molecule has 3 aromatic rings. The first-order valence-electron chi connectivity index (χ1n) is 15.6. The van der Waals surface area contributed by atoms with E-state index in [1.165, 1.54) is 11.1 Å². The molecule has 2 unspecified atom stereocenters. The van der Waals surface area contributed by atoms with Gasteiger partial charge in [-0.05, 0) is 79.4 Å². The Labute approximate surface area is 260 Å². The summed E-state index contributed by atoms with van der Waals surface area (Å²) in [5.74, 6) is 1.04. The Bertz CT molecular complexity index is 1850. The molecule has 0 aromatic heterocycles. The van der Waals surface area contributed by atoms with Crippen LogP contribution in [0.25, 0.3) is 22.4 Å². The summed E-state index contributed by atoms with van der Waals surface area (Å²) in [5, 5.41) is 1.80. The van der Waals surface area contributed by atoms with Gasteiger partial charge in [0.25, 0.3) is 0 Å². The molecule has 0 radical (unpaired) electrons. The molecule has 2 aliphatic heterocycles. The van der Waals surface area contributed by atoms with Gasteiger partial charge in [0.1, 0.15) is 23.2 Å².